The third-order valence-corrected chi connectivity index (χ3v) is 9.08. The topological polar surface area (TPSA) is 240 Å². The highest BCUT2D eigenvalue weighted by Gasteiger charge is 2.59. The van der Waals surface area contributed by atoms with Crippen LogP contribution in [0.1, 0.15) is 13.2 Å². The van der Waals surface area contributed by atoms with E-state index in [0.717, 1.165) is 6.92 Å². The van der Waals surface area contributed by atoms with Crippen LogP contribution >= 0.6 is 43.0 Å². The van der Waals surface area contributed by atoms with Crippen LogP contribution < -0.4 is 11.2 Å². The van der Waals surface area contributed by atoms with Gasteiger partial charge in [0.2, 0.25) is 0 Å². The Labute approximate surface area is 184 Å². The predicted molar refractivity (Wildman–Crippen MR) is 106 cm³/mol. The first-order valence-corrected chi connectivity index (χ1v) is 14.4. The molecular weight excluding hydrogens is 548 g/mol. The van der Waals surface area contributed by atoms with Gasteiger partial charge in [0.15, 0.2) is 6.23 Å². The molecule has 2 rings (SSSR count). The van der Waals surface area contributed by atoms with Gasteiger partial charge in [-0.2, -0.15) is 14.1 Å². The molecule has 0 radical (unpaired) electrons. The van der Waals surface area contributed by atoms with Gasteiger partial charge in [0.05, 0.1) is 6.10 Å². The first kappa shape index (κ1) is 27.9. The number of hydrogen-bond acceptors (Lipinski definition) is 10. The number of aliphatic hydroxyl groups excluding tert-OH is 1. The Morgan fingerprint density at radius 3 is 2.44 bits per heavy atom. The van der Waals surface area contributed by atoms with E-state index in [1.165, 1.54) is 0 Å². The molecule has 2 heterocycles. The molecule has 3 unspecified atom stereocenters. The Morgan fingerprint density at radius 1 is 1.34 bits per heavy atom. The lowest BCUT2D eigenvalue weighted by molar-refractivity contribution is -0.0793. The van der Waals surface area contributed by atoms with Crippen molar-refractivity contribution in [2.45, 2.75) is 36.3 Å². The average molecular weight is 566 g/mol. The van der Waals surface area contributed by atoms with E-state index >= 15 is 0 Å². The second kappa shape index (κ2) is 9.73. The van der Waals surface area contributed by atoms with Gasteiger partial charge in [-0.3, -0.25) is 14.3 Å². The van der Waals surface area contributed by atoms with E-state index in [1.54, 1.807) is 0 Å². The van der Waals surface area contributed by atoms with E-state index in [0.29, 0.717) is 10.9 Å². The maximum absolute atomic E-state index is 13.7. The Balaban J connectivity index is 2.26. The van der Waals surface area contributed by atoms with Gasteiger partial charge in [0.25, 0.3) is 12.8 Å². The van der Waals surface area contributed by atoms with Gasteiger partial charge in [-0.05, 0) is 15.5 Å². The first-order chi connectivity index (χ1) is 14.4. The molecule has 0 spiro atoms. The maximum atomic E-state index is 13.7. The van der Waals surface area contributed by atoms with Crippen molar-refractivity contribution in [2.24, 2.45) is 0 Å². The molecule has 0 saturated carbocycles. The molecule has 0 amide bonds. The normalized spacial score (nSPS) is 31.1. The summed E-state index contributed by atoms with van der Waals surface area (Å²) in [5.74, 6) is 0. The lowest BCUT2D eigenvalue weighted by Gasteiger charge is -2.27. The molecular formula is C10H17ClFN3O13P4. The van der Waals surface area contributed by atoms with Gasteiger partial charge in [0, 0.05) is 0 Å². The third-order valence-electron chi connectivity index (χ3n) is 3.85. The van der Waals surface area contributed by atoms with Crippen LogP contribution in [-0.2, 0) is 27.0 Å². The van der Waals surface area contributed by atoms with E-state index in [4.69, 9.17) is 26.1 Å². The van der Waals surface area contributed by atoms with E-state index in [9.17, 15) is 38.0 Å². The summed E-state index contributed by atoms with van der Waals surface area (Å²) in [7, 11) is -13.5. The van der Waals surface area contributed by atoms with Crippen LogP contribution in [0.3, 0.4) is 0 Å². The van der Waals surface area contributed by atoms with Gasteiger partial charge < -0.3 is 29.4 Å². The van der Waals surface area contributed by atoms with Crippen molar-refractivity contribution in [1.82, 2.24) is 14.8 Å². The van der Waals surface area contributed by atoms with Crippen LogP contribution in [-0.4, -0.2) is 69.3 Å². The number of nitrogens with zero attached hydrogens (tertiary/aromatic N) is 2. The zero-order chi connectivity index (χ0) is 24.7. The Bertz CT molecular complexity index is 1110. The predicted octanol–water partition coefficient (Wildman–Crippen LogP) is -0.419. The van der Waals surface area contributed by atoms with Crippen molar-refractivity contribution < 1.29 is 56.1 Å². The fourth-order valence-corrected chi connectivity index (χ4v) is 7.11. The van der Waals surface area contributed by atoms with E-state index in [1.807, 2.05) is 4.98 Å². The fourth-order valence-electron chi connectivity index (χ4n) is 2.64. The number of phosphoric acid groups is 2. The molecule has 1 aromatic rings. The van der Waals surface area contributed by atoms with Crippen molar-refractivity contribution in [1.29, 1.82) is 0 Å². The summed E-state index contributed by atoms with van der Waals surface area (Å²) in [6.07, 6.45) is -6.67. The van der Waals surface area contributed by atoms with Gasteiger partial charge in [-0.15, -0.1) is 11.6 Å². The van der Waals surface area contributed by atoms with Gasteiger partial charge in [-0.25, -0.2) is 22.6 Å². The zero-order valence-corrected chi connectivity index (χ0v) is 20.0. The highest BCUT2D eigenvalue weighted by Crippen LogP contribution is 2.68. The van der Waals surface area contributed by atoms with E-state index in [2.05, 4.69) is 26.8 Å². The Hall–Kier alpha value is -0.340. The standard InChI is InChI=1S/C10H17ClFN3O13P4/c1-4(26-30(19,20)27-31(21,22)28-32(23,24)29)6-7(17)10(11,3-12)8(25-6)15-9(18)14-5(16)2-13-15/h2,4,6-8,17,23-24,29H,3H2,1H3,(H,19,20)(H,21,22)(H,14,16,18)/t4-,6-,7+,8-,10?/m1/s1. The molecule has 1 aliphatic heterocycles. The molecule has 22 heteroatoms. The van der Waals surface area contributed by atoms with Crippen molar-refractivity contribution >= 4 is 43.0 Å². The van der Waals surface area contributed by atoms with Gasteiger partial charge in [0.1, 0.15) is 30.0 Å². The number of alkyl halides is 2. The molecule has 184 valence electrons. The third kappa shape index (κ3) is 6.62. The molecule has 6 N–H and O–H groups in total. The second-order valence-electron chi connectivity index (χ2n) is 6.30. The summed E-state index contributed by atoms with van der Waals surface area (Å²) in [6, 6.07) is 0. The smallest absolute Gasteiger partial charge is 0.388 e. The molecule has 1 aromatic heterocycles. The largest absolute Gasteiger partial charge is 0.488 e. The first-order valence-electron chi connectivity index (χ1n) is 8.04. The average Bonchev–Trinajstić information content (AvgIpc) is 2.84. The minimum Gasteiger partial charge on any atom is -0.388 e. The quantitative estimate of drug-likeness (QED) is 0.165. The minimum atomic E-state index is -5.56. The van der Waals surface area contributed by atoms with Gasteiger partial charge >= 0.3 is 21.3 Å². The molecule has 1 fully saturated rings. The summed E-state index contributed by atoms with van der Waals surface area (Å²) in [5, 5.41) is 13.9. The summed E-state index contributed by atoms with van der Waals surface area (Å²) < 4.78 is 55.4. The molecule has 16 nitrogen and oxygen atoms in total. The lowest BCUT2D eigenvalue weighted by Crippen LogP contribution is -2.48. The Morgan fingerprint density at radius 2 is 1.94 bits per heavy atom. The lowest BCUT2D eigenvalue weighted by atomic mass is 9.98. The molecule has 0 aliphatic carbocycles. The number of hydrogen-bond donors (Lipinski definition) is 6. The molecule has 32 heavy (non-hydrogen) atoms. The molecule has 1 aliphatic rings. The number of nitrogens with one attached hydrogen (secondary N) is 1. The number of aliphatic hydroxyl groups is 1. The van der Waals surface area contributed by atoms with Crippen LogP contribution in [0, 0.1) is 0 Å². The SMILES string of the molecule is C[C@@H](OP(=O)(O)OP(=O)(O)OP(O)(O)=P)[C@H]1O[C@@H](n2ncc(=O)[nH]c2=O)C(Cl)(CF)[C@H]1O. The molecule has 7 atom stereocenters. The number of halogens is 2. The zero-order valence-electron chi connectivity index (χ0n) is 15.6. The van der Waals surface area contributed by atoms with E-state index < -0.39 is 70.2 Å². The summed E-state index contributed by atoms with van der Waals surface area (Å²) in [4.78, 5) is 59.6. The number of aromatic amines is 1. The van der Waals surface area contributed by atoms with Crippen LogP contribution in [0.15, 0.2) is 15.8 Å². The highest BCUT2D eigenvalue weighted by atomic mass is 35.5. The number of H-pyrrole nitrogens is 1. The maximum Gasteiger partial charge on any atom is 0.488 e. The fraction of sp³-hybridized carbons (Fsp3) is 0.700. The number of aromatic nitrogens is 3. The molecule has 0 aromatic carbocycles. The number of ether oxygens (including phenoxy) is 1. The van der Waals surface area contributed by atoms with Crippen molar-refractivity contribution in [3.63, 3.8) is 0 Å². The van der Waals surface area contributed by atoms with Crippen molar-refractivity contribution in [3.05, 3.63) is 27.0 Å². The second-order valence-corrected chi connectivity index (χ2v) is 13.2. The van der Waals surface area contributed by atoms with Crippen LogP contribution in [0.25, 0.3) is 0 Å². The number of rotatable bonds is 9. The van der Waals surface area contributed by atoms with Crippen LogP contribution in [0.4, 0.5) is 4.39 Å². The van der Waals surface area contributed by atoms with Gasteiger partial charge in [-0.1, -0.05) is 0 Å². The van der Waals surface area contributed by atoms with Crippen molar-refractivity contribution in [2.75, 3.05) is 6.67 Å². The number of phosphoric ester groups is 1. The highest BCUT2D eigenvalue weighted by molar-refractivity contribution is 7.91. The monoisotopic (exact) mass is 565 g/mol. The van der Waals surface area contributed by atoms with Crippen molar-refractivity contribution in [3.8, 4) is 0 Å². The Kier molecular flexibility index (Phi) is 8.48. The molecule has 1 saturated heterocycles. The summed E-state index contributed by atoms with van der Waals surface area (Å²) in [5.41, 5.74) is -2.07. The van der Waals surface area contributed by atoms with Crippen LogP contribution in [0.5, 0.6) is 0 Å². The van der Waals surface area contributed by atoms with E-state index in [-0.39, 0.29) is 0 Å². The minimum absolute atomic E-state index is 0.413. The van der Waals surface area contributed by atoms with Crippen LogP contribution in [0.2, 0.25) is 0 Å². The summed E-state index contributed by atoms with van der Waals surface area (Å²) in [6.45, 7) is -0.516. The molecule has 0 bridgehead atoms. The summed E-state index contributed by atoms with van der Waals surface area (Å²) >= 11 is 6.09.